The zero-order valence-corrected chi connectivity index (χ0v) is 16.0. The minimum absolute atomic E-state index is 0.174. The summed E-state index contributed by atoms with van der Waals surface area (Å²) in [6.07, 6.45) is 3.46. The van der Waals surface area contributed by atoms with Gasteiger partial charge >= 0.3 is 0 Å². The summed E-state index contributed by atoms with van der Waals surface area (Å²) < 4.78 is 18.8. The molecule has 27 heavy (non-hydrogen) atoms. The van der Waals surface area contributed by atoms with Crippen LogP contribution in [-0.2, 0) is 17.6 Å². The molecule has 2 aromatic heterocycles. The van der Waals surface area contributed by atoms with E-state index in [2.05, 4.69) is 32.6 Å². The summed E-state index contributed by atoms with van der Waals surface area (Å²) in [6, 6.07) is 4.75. The van der Waals surface area contributed by atoms with E-state index in [1.165, 1.54) is 17.4 Å². The normalized spacial score (nSPS) is 10.9. The van der Waals surface area contributed by atoms with E-state index in [9.17, 15) is 9.18 Å². The van der Waals surface area contributed by atoms with Crippen LogP contribution in [0.3, 0.4) is 0 Å². The van der Waals surface area contributed by atoms with Gasteiger partial charge in [0.15, 0.2) is 0 Å². The van der Waals surface area contributed by atoms with Crippen LogP contribution in [0.2, 0.25) is 0 Å². The molecule has 0 spiro atoms. The van der Waals surface area contributed by atoms with E-state index >= 15 is 0 Å². The highest BCUT2D eigenvalue weighted by Crippen LogP contribution is 2.20. The van der Waals surface area contributed by atoms with Gasteiger partial charge in [-0.2, -0.15) is 4.98 Å². The number of amides is 1. The molecule has 3 aromatic rings. The van der Waals surface area contributed by atoms with Crippen LogP contribution in [0.25, 0.3) is 11.4 Å². The van der Waals surface area contributed by atoms with Crippen molar-refractivity contribution < 1.29 is 13.7 Å². The number of anilines is 1. The van der Waals surface area contributed by atoms with Crippen molar-refractivity contribution in [3.05, 3.63) is 40.5 Å². The lowest BCUT2D eigenvalue weighted by atomic mass is 10.1. The maximum Gasteiger partial charge on any atom is 0.227 e. The first kappa shape index (κ1) is 19.1. The standard InChI is InChI=1S/C18H20FN5O2S/c1-3-4-5-16-22-23-18(27-16)20-14(25)8-9-15-21-17(24-26-15)12-7-6-11(2)13(19)10-12/h6-7,10H,3-5,8-9H2,1-2H3,(H,20,23,25). The third-order valence-electron chi connectivity index (χ3n) is 3.92. The van der Waals surface area contributed by atoms with Crippen molar-refractivity contribution in [3.63, 3.8) is 0 Å². The van der Waals surface area contributed by atoms with Gasteiger partial charge in [0.05, 0.1) is 0 Å². The molecule has 0 saturated heterocycles. The van der Waals surface area contributed by atoms with Crippen LogP contribution in [-0.4, -0.2) is 26.2 Å². The number of nitrogens with one attached hydrogen (secondary N) is 1. The summed E-state index contributed by atoms with van der Waals surface area (Å²) in [6.45, 7) is 3.80. The molecular formula is C18H20FN5O2S. The first-order valence-electron chi connectivity index (χ1n) is 8.76. The van der Waals surface area contributed by atoms with E-state index < -0.39 is 0 Å². The molecule has 0 aliphatic rings. The Morgan fingerprint density at radius 1 is 1.30 bits per heavy atom. The van der Waals surface area contributed by atoms with Crippen molar-refractivity contribution >= 4 is 22.4 Å². The number of aryl methyl sites for hydroxylation is 3. The molecule has 0 radical (unpaired) electrons. The summed E-state index contributed by atoms with van der Waals surface area (Å²) >= 11 is 1.39. The van der Waals surface area contributed by atoms with E-state index in [4.69, 9.17) is 4.52 Å². The van der Waals surface area contributed by atoms with Crippen LogP contribution in [0.15, 0.2) is 22.7 Å². The topological polar surface area (TPSA) is 93.8 Å². The summed E-state index contributed by atoms with van der Waals surface area (Å²) in [7, 11) is 0. The predicted octanol–water partition coefficient (Wildman–Crippen LogP) is 3.95. The van der Waals surface area contributed by atoms with Crippen LogP contribution in [0.4, 0.5) is 9.52 Å². The fourth-order valence-corrected chi connectivity index (χ4v) is 3.14. The lowest BCUT2D eigenvalue weighted by Crippen LogP contribution is -2.12. The first-order valence-corrected chi connectivity index (χ1v) is 9.58. The number of hydrogen-bond acceptors (Lipinski definition) is 7. The molecule has 1 amide bonds. The Bertz CT molecular complexity index is 924. The SMILES string of the molecule is CCCCc1nnc(NC(=O)CCc2nc(-c3ccc(C)c(F)c3)no2)s1. The number of carbonyl (C=O) groups is 1. The molecule has 0 fully saturated rings. The van der Waals surface area contributed by atoms with Crippen LogP contribution in [0.1, 0.15) is 42.6 Å². The molecule has 0 aliphatic carbocycles. The summed E-state index contributed by atoms with van der Waals surface area (Å²) in [5.74, 6) is 0.0962. The number of aromatic nitrogens is 4. The van der Waals surface area contributed by atoms with Crippen molar-refractivity contribution in [2.75, 3.05) is 5.32 Å². The Morgan fingerprint density at radius 3 is 2.93 bits per heavy atom. The Balaban J connectivity index is 1.52. The summed E-state index contributed by atoms with van der Waals surface area (Å²) in [5.41, 5.74) is 1.08. The van der Waals surface area contributed by atoms with Gasteiger partial charge in [-0.1, -0.05) is 42.0 Å². The third kappa shape index (κ3) is 5.16. The lowest BCUT2D eigenvalue weighted by molar-refractivity contribution is -0.116. The van der Waals surface area contributed by atoms with Gasteiger partial charge in [0.2, 0.25) is 22.8 Å². The fraction of sp³-hybridized carbons (Fsp3) is 0.389. The summed E-state index contributed by atoms with van der Waals surface area (Å²) in [4.78, 5) is 16.3. The number of halogens is 1. The van der Waals surface area contributed by atoms with E-state index in [1.807, 2.05) is 0 Å². The predicted molar refractivity (Wildman–Crippen MR) is 99.9 cm³/mol. The van der Waals surface area contributed by atoms with Crippen LogP contribution in [0, 0.1) is 12.7 Å². The average Bonchev–Trinajstić information content (AvgIpc) is 3.30. The molecule has 0 unspecified atom stereocenters. The van der Waals surface area contributed by atoms with Crippen molar-refractivity contribution in [3.8, 4) is 11.4 Å². The highest BCUT2D eigenvalue weighted by atomic mass is 32.1. The zero-order valence-electron chi connectivity index (χ0n) is 15.2. The number of hydrogen-bond donors (Lipinski definition) is 1. The molecule has 2 heterocycles. The van der Waals surface area contributed by atoms with E-state index in [0.717, 1.165) is 24.3 Å². The monoisotopic (exact) mass is 389 g/mol. The largest absolute Gasteiger partial charge is 0.339 e. The zero-order chi connectivity index (χ0) is 19.2. The molecule has 1 N–H and O–H groups in total. The maximum absolute atomic E-state index is 13.7. The quantitative estimate of drug-likeness (QED) is 0.627. The molecule has 0 bridgehead atoms. The van der Waals surface area contributed by atoms with Gasteiger partial charge in [0.25, 0.3) is 0 Å². The molecule has 0 aliphatic heterocycles. The molecule has 142 valence electrons. The van der Waals surface area contributed by atoms with Gasteiger partial charge in [-0.3, -0.25) is 4.79 Å². The van der Waals surface area contributed by atoms with Gasteiger partial charge < -0.3 is 9.84 Å². The fourth-order valence-electron chi connectivity index (χ4n) is 2.34. The lowest BCUT2D eigenvalue weighted by Gasteiger charge is -1.98. The van der Waals surface area contributed by atoms with Gasteiger partial charge in [-0.05, 0) is 25.0 Å². The van der Waals surface area contributed by atoms with Gasteiger partial charge in [0, 0.05) is 24.8 Å². The number of rotatable bonds is 8. The second kappa shape index (κ2) is 8.81. The third-order valence-corrected chi connectivity index (χ3v) is 4.82. The van der Waals surface area contributed by atoms with Gasteiger partial charge in [0.1, 0.15) is 10.8 Å². The molecule has 3 rings (SSSR count). The molecule has 1 aromatic carbocycles. The second-order valence-corrected chi connectivity index (χ2v) is 7.19. The number of nitrogens with zero attached hydrogens (tertiary/aromatic N) is 4. The van der Waals surface area contributed by atoms with E-state index in [-0.39, 0.29) is 24.6 Å². The summed E-state index contributed by atoms with van der Waals surface area (Å²) in [5, 5.41) is 16.0. The van der Waals surface area contributed by atoms with Crippen LogP contribution < -0.4 is 5.32 Å². The molecule has 7 nitrogen and oxygen atoms in total. The number of benzene rings is 1. The van der Waals surface area contributed by atoms with Crippen molar-refractivity contribution in [2.24, 2.45) is 0 Å². The molecular weight excluding hydrogens is 369 g/mol. The molecule has 0 atom stereocenters. The highest BCUT2D eigenvalue weighted by molar-refractivity contribution is 7.15. The Hall–Kier alpha value is -2.68. The Kier molecular flexibility index (Phi) is 6.23. The number of carbonyl (C=O) groups excluding carboxylic acids is 1. The molecule has 9 heteroatoms. The maximum atomic E-state index is 13.7. The minimum atomic E-state index is -0.325. The van der Waals surface area contributed by atoms with E-state index in [1.54, 1.807) is 19.1 Å². The smallest absolute Gasteiger partial charge is 0.227 e. The van der Waals surface area contributed by atoms with Crippen molar-refractivity contribution in [1.82, 2.24) is 20.3 Å². The Morgan fingerprint density at radius 2 is 2.15 bits per heavy atom. The molecule has 0 saturated carbocycles. The van der Waals surface area contributed by atoms with E-state index in [0.29, 0.717) is 28.0 Å². The first-order chi connectivity index (χ1) is 13.0. The average molecular weight is 389 g/mol. The van der Waals surface area contributed by atoms with Crippen molar-refractivity contribution in [2.45, 2.75) is 46.0 Å². The Labute approximate surface area is 160 Å². The number of unbranched alkanes of at least 4 members (excludes halogenated alkanes) is 1. The van der Waals surface area contributed by atoms with Gasteiger partial charge in [-0.25, -0.2) is 4.39 Å². The van der Waals surface area contributed by atoms with Crippen molar-refractivity contribution in [1.29, 1.82) is 0 Å². The second-order valence-electron chi connectivity index (χ2n) is 6.13. The minimum Gasteiger partial charge on any atom is -0.339 e. The van der Waals surface area contributed by atoms with Crippen LogP contribution >= 0.6 is 11.3 Å². The van der Waals surface area contributed by atoms with Crippen LogP contribution in [0.5, 0.6) is 0 Å². The van der Waals surface area contributed by atoms with Gasteiger partial charge in [-0.15, -0.1) is 10.2 Å². The highest BCUT2D eigenvalue weighted by Gasteiger charge is 2.13.